The summed E-state index contributed by atoms with van der Waals surface area (Å²) in [6.07, 6.45) is 4.55. The van der Waals surface area contributed by atoms with E-state index in [0.717, 1.165) is 5.56 Å². The smallest absolute Gasteiger partial charge is 0.259 e. The zero-order chi connectivity index (χ0) is 17.3. The number of carbonyl (C=O) groups is 1. The summed E-state index contributed by atoms with van der Waals surface area (Å²) in [6.45, 7) is 5.73. The van der Waals surface area contributed by atoms with Crippen LogP contribution in [-0.4, -0.2) is 52.6 Å². The first-order chi connectivity index (χ1) is 11.5. The van der Waals surface area contributed by atoms with E-state index in [2.05, 4.69) is 10.3 Å². The number of methoxy groups -OCH3 is 1. The maximum atomic E-state index is 13.0. The number of ether oxygens (including phenoxy) is 1. The summed E-state index contributed by atoms with van der Waals surface area (Å²) >= 11 is 0. The monoisotopic (exact) mass is 332 g/mol. The van der Waals surface area contributed by atoms with E-state index in [-0.39, 0.29) is 17.7 Å². The lowest BCUT2D eigenvalue weighted by atomic mass is 9.92. The first-order valence-corrected chi connectivity index (χ1v) is 8.27. The number of hydrogen-bond donors (Lipinski definition) is 0. The summed E-state index contributed by atoms with van der Waals surface area (Å²) in [5.41, 5.74) is 2.41. The second-order valence-electron chi connectivity index (χ2n) is 6.40. The number of carbonyl (C=O) groups excluding carboxylic acids is 1. The number of amides is 1. The molecule has 7 nitrogen and oxygen atoms in total. The second kappa shape index (κ2) is 6.76. The summed E-state index contributed by atoms with van der Waals surface area (Å²) in [5.74, 6) is 1.14. The molecule has 3 rings (SSSR count). The average molecular weight is 332 g/mol. The van der Waals surface area contributed by atoms with Crippen LogP contribution >= 0.6 is 0 Å². The molecule has 1 aliphatic heterocycles. The van der Waals surface area contributed by atoms with Gasteiger partial charge < -0.3 is 14.2 Å². The average Bonchev–Trinajstić information content (AvgIpc) is 3.25. The van der Waals surface area contributed by atoms with Crippen molar-refractivity contribution in [1.82, 2.24) is 19.8 Å². The molecule has 130 valence electrons. The van der Waals surface area contributed by atoms with Crippen LogP contribution in [0.2, 0.25) is 0 Å². The minimum absolute atomic E-state index is 0.00177. The van der Waals surface area contributed by atoms with Gasteiger partial charge >= 0.3 is 0 Å². The number of aromatic nitrogens is 3. The summed E-state index contributed by atoms with van der Waals surface area (Å²) in [7, 11) is 3.60. The Bertz CT molecular complexity index is 721. The summed E-state index contributed by atoms with van der Waals surface area (Å²) in [6, 6.07) is 0. The van der Waals surface area contributed by atoms with Gasteiger partial charge in [0.1, 0.15) is 11.3 Å². The van der Waals surface area contributed by atoms with Crippen molar-refractivity contribution in [2.45, 2.75) is 26.2 Å². The van der Waals surface area contributed by atoms with Crippen LogP contribution in [0.4, 0.5) is 0 Å². The van der Waals surface area contributed by atoms with Gasteiger partial charge in [-0.25, -0.2) is 0 Å². The highest BCUT2D eigenvalue weighted by atomic mass is 16.5. The van der Waals surface area contributed by atoms with Crippen molar-refractivity contribution in [3.63, 3.8) is 0 Å². The van der Waals surface area contributed by atoms with Gasteiger partial charge in [0.15, 0.2) is 0 Å². The van der Waals surface area contributed by atoms with Crippen LogP contribution in [0.1, 0.15) is 40.2 Å². The van der Waals surface area contributed by atoms with Crippen LogP contribution in [0, 0.1) is 12.8 Å². The Balaban J connectivity index is 1.84. The predicted molar refractivity (Wildman–Crippen MR) is 87.8 cm³/mol. The van der Waals surface area contributed by atoms with E-state index < -0.39 is 0 Å². The molecule has 2 aromatic heterocycles. The van der Waals surface area contributed by atoms with Gasteiger partial charge in [0.05, 0.1) is 18.5 Å². The highest BCUT2D eigenvalue weighted by Gasteiger charge is 2.38. The van der Waals surface area contributed by atoms with E-state index >= 15 is 0 Å². The Labute approximate surface area is 141 Å². The predicted octanol–water partition coefficient (Wildman–Crippen LogP) is 1.78. The fourth-order valence-corrected chi connectivity index (χ4v) is 3.52. The zero-order valence-electron chi connectivity index (χ0n) is 14.7. The van der Waals surface area contributed by atoms with Crippen molar-refractivity contribution in [1.29, 1.82) is 0 Å². The molecule has 24 heavy (non-hydrogen) atoms. The number of rotatable bonds is 5. The minimum atomic E-state index is -0.00177. The van der Waals surface area contributed by atoms with Crippen LogP contribution in [0.15, 0.2) is 16.9 Å². The lowest BCUT2D eigenvalue weighted by Crippen LogP contribution is -2.30. The van der Waals surface area contributed by atoms with Gasteiger partial charge in [0, 0.05) is 51.7 Å². The third-order valence-electron chi connectivity index (χ3n) is 4.73. The molecule has 0 bridgehead atoms. The van der Waals surface area contributed by atoms with E-state index in [0.29, 0.717) is 43.1 Å². The van der Waals surface area contributed by atoms with Gasteiger partial charge in [-0.1, -0.05) is 12.1 Å². The summed E-state index contributed by atoms with van der Waals surface area (Å²) < 4.78 is 12.4. The fraction of sp³-hybridized carbons (Fsp3) is 0.588. The van der Waals surface area contributed by atoms with Crippen molar-refractivity contribution in [2.75, 3.05) is 26.8 Å². The first kappa shape index (κ1) is 16.7. The summed E-state index contributed by atoms with van der Waals surface area (Å²) in [4.78, 5) is 14.9. The molecule has 0 radical (unpaired) electrons. The van der Waals surface area contributed by atoms with Crippen molar-refractivity contribution in [2.24, 2.45) is 13.0 Å². The molecule has 0 unspecified atom stereocenters. The van der Waals surface area contributed by atoms with E-state index in [1.165, 1.54) is 0 Å². The van der Waals surface area contributed by atoms with E-state index in [4.69, 9.17) is 9.26 Å². The molecule has 2 atom stereocenters. The molecule has 1 amide bonds. The molecule has 3 heterocycles. The van der Waals surface area contributed by atoms with Gasteiger partial charge in [-0.3, -0.25) is 9.48 Å². The number of nitrogens with zero attached hydrogens (tertiary/aromatic N) is 4. The van der Waals surface area contributed by atoms with Crippen LogP contribution < -0.4 is 0 Å². The lowest BCUT2D eigenvalue weighted by molar-refractivity contribution is 0.0772. The number of hydrogen-bond acceptors (Lipinski definition) is 5. The Morgan fingerprint density at radius 2 is 2.25 bits per heavy atom. The molecule has 0 aliphatic carbocycles. The van der Waals surface area contributed by atoms with Crippen LogP contribution in [-0.2, 0) is 18.2 Å². The standard InChI is InChI=1S/C17H24N4O3/c1-5-15-16(11(2)19-24-15)17(22)21-8-13(10-23-4)14(9-21)12-6-18-20(3)7-12/h6-7,13-14H,5,8-10H2,1-4H3/t13-,14-/m0/s1. The van der Waals surface area contributed by atoms with E-state index in [9.17, 15) is 4.79 Å². The maximum absolute atomic E-state index is 13.0. The Kier molecular flexibility index (Phi) is 4.71. The molecule has 1 fully saturated rings. The van der Waals surface area contributed by atoms with Gasteiger partial charge in [-0.05, 0) is 12.5 Å². The molecule has 0 aromatic carbocycles. The van der Waals surface area contributed by atoms with Crippen molar-refractivity contribution in [3.8, 4) is 0 Å². The Morgan fingerprint density at radius 3 is 2.88 bits per heavy atom. The van der Waals surface area contributed by atoms with Crippen LogP contribution in [0.5, 0.6) is 0 Å². The molecule has 0 N–H and O–H groups in total. The SMILES string of the molecule is CCc1onc(C)c1C(=O)N1C[C@@H](COC)[C@H](c2cnn(C)c2)C1. The van der Waals surface area contributed by atoms with Gasteiger partial charge in [-0.15, -0.1) is 0 Å². The normalized spacial score (nSPS) is 20.8. The van der Waals surface area contributed by atoms with Crippen LogP contribution in [0.3, 0.4) is 0 Å². The second-order valence-corrected chi connectivity index (χ2v) is 6.40. The Morgan fingerprint density at radius 1 is 1.46 bits per heavy atom. The van der Waals surface area contributed by atoms with Crippen molar-refractivity contribution >= 4 is 5.91 Å². The van der Waals surface area contributed by atoms with Crippen LogP contribution in [0.25, 0.3) is 0 Å². The highest BCUT2D eigenvalue weighted by molar-refractivity contribution is 5.96. The lowest BCUT2D eigenvalue weighted by Gasteiger charge is -2.16. The van der Waals surface area contributed by atoms with Crippen molar-refractivity contribution < 1.29 is 14.1 Å². The molecular weight excluding hydrogens is 308 g/mol. The molecule has 1 saturated heterocycles. The zero-order valence-corrected chi connectivity index (χ0v) is 14.7. The minimum Gasteiger partial charge on any atom is -0.384 e. The highest BCUT2D eigenvalue weighted by Crippen LogP contribution is 2.34. The number of likely N-dealkylation sites (tertiary alicyclic amines) is 1. The number of aryl methyl sites for hydroxylation is 3. The van der Waals surface area contributed by atoms with Gasteiger partial charge in [-0.2, -0.15) is 5.10 Å². The largest absolute Gasteiger partial charge is 0.384 e. The van der Waals surface area contributed by atoms with Crippen molar-refractivity contribution in [3.05, 3.63) is 35.0 Å². The third kappa shape index (κ3) is 2.96. The quantitative estimate of drug-likeness (QED) is 0.834. The maximum Gasteiger partial charge on any atom is 0.259 e. The third-order valence-corrected chi connectivity index (χ3v) is 4.73. The molecule has 2 aromatic rings. The topological polar surface area (TPSA) is 73.4 Å². The molecule has 1 aliphatic rings. The first-order valence-electron chi connectivity index (χ1n) is 8.27. The molecule has 0 spiro atoms. The fourth-order valence-electron chi connectivity index (χ4n) is 3.52. The molecule has 7 heteroatoms. The Hall–Kier alpha value is -2.15. The summed E-state index contributed by atoms with van der Waals surface area (Å²) in [5, 5.41) is 8.22. The molecule has 0 saturated carbocycles. The van der Waals surface area contributed by atoms with Gasteiger partial charge in [0.2, 0.25) is 0 Å². The van der Waals surface area contributed by atoms with E-state index in [1.54, 1.807) is 11.8 Å². The molecular formula is C17H24N4O3. The van der Waals surface area contributed by atoms with E-state index in [1.807, 2.05) is 38.2 Å². The van der Waals surface area contributed by atoms with Gasteiger partial charge in [0.25, 0.3) is 5.91 Å².